The highest BCUT2D eigenvalue weighted by molar-refractivity contribution is 7.98. The molecule has 1 N–H and O–H groups in total. The van der Waals surface area contributed by atoms with E-state index in [0.29, 0.717) is 11.3 Å². The van der Waals surface area contributed by atoms with Gasteiger partial charge in [-0.3, -0.25) is 4.79 Å². The minimum absolute atomic E-state index is 0.0967. The van der Waals surface area contributed by atoms with Gasteiger partial charge < -0.3 is 9.84 Å². The maximum absolute atomic E-state index is 13.1. The Hall–Kier alpha value is -3.05. The molecule has 4 aromatic rings. The molecule has 0 fully saturated rings. The third kappa shape index (κ3) is 3.42. The summed E-state index contributed by atoms with van der Waals surface area (Å²) in [5.41, 5.74) is 5.12. The normalized spacial score (nSPS) is 12.4. The number of aryl methyl sites for hydroxylation is 3. The number of hydrogen-bond acceptors (Lipinski definition) is 4. The highest BCUT2D eigenvalue weighted by atomic mass is 32.2. The lowest BCUT2D eigenvalue weighted by atomic mass is 10.0. The molecule has 3 aromatic carbocycles. The molecule has 5 rings (SSSR count). The molecule has 0 saturated heterocycles. The zero-order valence-corrected chi connectivity index (χ0v) is 16.9. The first-order valence-corrected chi connectivity index (χ1v) is 10.7. The Bertz CT molecular complexity index is 1220. The summed E-state index contributed by atoms with van der Waals surface area (Å²) >= 11 is 1.58. The molecular weight excluding hydrogens is 380 g/mol. The monoisotopic (exact) mass is 400 g/mol. The number of carbonyl (C=O) groups excluding carboxylic acids is 1. The number of carbonyl (C=O) groups is 1. The van der Waals surface area contributed by atoms with Crippen LogP contribution < -0.4 is 5.32 Å². The van der Waals surface area contributed by atoms with Crippen LogP contribution in [0.15, 0.2) is 70.1 Å². The Morgan fingerprint density at radius 3 is 2.72 bits per heavy atom. The van der Waals surface area contributed by atoms with Crippen LogP contribution in [0, 0.1) is 6.92 Å². The Morgan fingerprint density at radius 1 is 1.07 bits per heavy atom. The first-order valence-electron chi connectivity index (χ1n) is 9.68. The van der Waals surface area contributed by atoms with E-state index in [1.165, 1.54) is 16.5 Å². The molecule has 1 aliphatic carbocycles. The number of thioether (sulfide) groups is 1. The summed E-state index contributed by atoms with van der Waals surface area (Å²) in [5, 5.41) is 9.48. The van der Waals surface area contributed by atoms with E-state index >= 15 is 0 Å². The number of aromatic nitrogens is 1. The van der Waals surface area contributed by atoms with Gasteiger partial charge in [-0.2, -0.15) is 0 Å². The van der Waals surface area contributed by atoms with Crippen molar-refractivity contribution in [3.63, 3.8) is 0 Å². The predicted molar refractivity (Wildman–Crippen MR) is 117 cm³/mol. The average molecular weight is 401 g/mol. The number of benzene rings is 3. The standard InChI is InChI=1S/C24H20N2O2S/c1-15-13-18(28-26-15)14-29-22-8-3-2-6-20(22)24(27)25-21-12-11-17-10-9-16-5-4-7-19(21)23(16)17/h2-8,11-13H,9-10,14H2,1H3,(H,25,27). The van der Waals surface area contributed by atoms with E-state index in [1.54, 1.807) is 11.8 Å². The van der Waals surface area contributed by atoms with Crippen molar-refractivity contribution >= 4 is 34.1 Å². The lowest BCUT2D eigenvalue weighted by molar-refractivity contribution is 0.102. The summed E-state index contributed by atoms with van der Waals surface area (Å²) < 4.78 is 5.29. The summed E-state index contributed by atoms with van der Waals surface area (Å²) in [6, 6.07) is 20.1. The molecule has 29 heavy (non-hydrogen) atoms. The third-order valence-corrected chi connectivity index (χ3v) is 6.40. The molecule has 1 aromatic heterocycles. The number of hydrogen-bond donors (Lipinski definition) is 1. The van der Waals surface area contributed by atoms with Crippen LogP contribution in [0.5, 0.6) is 0 Å². The Morgan fingerprint density at radius 2 is 1.90 bits per heavy atom. The maximum Gasteiger partial charge on any atom is 0.256 e. The zero-order chi connectivity index (χ0) is 19.8. The van der Waals surface area contributed by atoms with E-state index in [9.17, 15) is 4.79 Å². The number of rotatable bonds is 5. The van der Waals surface area contributed by atoms with Crippen LogP contribution in [0.4, 0.5) is 5.69 Å². The average Bonchev–Trinajstić information content (AvgIpc) is 3.36. The second-order valence-corrected chi connectivity index (χ2v) is 8.30. The first kappa shape index (κ1) is 18.0. The second-order valence-electron chi connectivity index (χ2n) is 7.29. The summed E-state index contributed by atoms with van der Waals surface area (Å²) in [6.45, 7) is 1.90. The van der Waals surface area contributed by atoms with Crippen LogP contribution in [0.25, 0.3) is 10.8 Å². The number of anilines is 1. The van der Waals surface area contributed by atoms with E-state index in [1.807, 2.05) is 43.3 Å². The second kappa shape index (κ2) is 7.41. The van der Waals surface area contributed by atoms with Crippen molar-refractivity contribution in [3.8, 4) is 0 Å². The molecule has 0 atom stereocenters. The fraction of sp³-hybridized carbons (Fsp3) is 0.167. The topological polar surface area (TPSA) is 55.1 Å². The van der Waals surface area contributed by atoms with Crippen LogP contribution in [-0.2, 0) is 18.6 Å². The molecule has 5 heteroatoms. The van der Waals surface area contributed by atoms with Gasteiger partial charge in [0.05, 0.1) is 17.0 Å². The Balaban J connectivity index is 1.41. The molecule has 0 radical (unpaired) electrons. The van der Waals surface area contributed by atoms with Crippen LogP contribution in [-0.4, -0.2) is 11.1 Å². The molecule has 0 bridgehead atoms. The molecular formula is C24H20N2O2S. The quantitative estimate of drug-likeness (QED) is 0.432. The summed E-state index contributed by atoms with van der Waals surface area (Å²) in [6.07, 6.45) is 2.15. The highest BCUT2D eigenvalue weighted by Gasteiger charge is 2.18. The largest absolute Gasteiger partial charge is 0.360 e. The minimum Gasteiger partial charge on any atom is -0.360 e. The number of nitrogens with one attached hydrogen (secondary N) is 1. The van der Waals surface area contributed by atoms with Gasteiger partial charge in [0.25, 0.3) is 5.91 Å². The predicted octanol–water partition coefficient (Wildman–Crippen LogP) is 5.78. The SMILES string of the molecule is Cc1cc(CSc2ccccc2C(=O)Nc2ccc3c4c(cccc24)CC3)on1. The van der Waals surface area contributed by atoms with Crippen molar-refractivity contribution in [3.05, 3.63) is 88.8 Å². The van der Waals surface area contributed by atoms with Crippen molar-refractivity contribution in [2.45, 2.75) is 30.4 Å². The highest BCUT2D eigenvalue weighted by Crippen LogP contribution is 2.35. The van der Waals surface area contributed by atoms with Gasteiger partial charge in [0, 0.05) is 22.0 Å². The van der Waals surface area contributed by atoms with Crippen molar-refractivity contribution < 1.29 is 9.32 Å². The molecule has 0 unspecified atom stereocenters. The van der Waals surface area contributed by atoms with Gasteiger partial charge in [-0.05, 0) is 54.5 Å². The minimum atomic E-state index is -0.0967. The molecule has 0 aliphatic heterocycles. The van der Waals surface area contributed by atoms with Crippen LogP contribution in [0.1, 0.15) is 32.9 Å². The maximum atomic E-state index is 13.1. The smallest absolute Gasteiger partial charge is 0.256 e. The first-order chi connectivity index (χ1) is 14.2. The van der Waals surface area contributed by atoms with Gasteiger partial charge in [-0.25, -0.2) is 0 Å². The van der Waals surface area contributed by atoms with E-state index in [4.69, 9.17) is 4.52 Å². The molecule has 0 spiro atoms. The fourth-order valence-corrected chi connectivity index (χ4v) is 4.88. The van der Waals surface area contributed by atoms with Crippen LogP contribution in [0.2, 0.25) is 0 Å². The van der Waals surface area contributed by atoms with Gasteiger partial charge in [0.1, 0.15) is 5.76 Å². The van der Waals surface area contributed by atoms with Gasteiger partial charge in [-0.1, -0.05) is 41.6 Å². The lowest BCUT2D eigenvalue weighted by Crippen LogP contribution is -2.13. The summed E-state index contributed by atoms with van der Waals surface area (Å²) in [5.74, 6) is 1.34. The van der Waals surface area contributed by atoms with Crippen LogP contribution >= 0.6 is 11.8 Å². The van der Waals surface area contributed by atoms with Gasteiger partial charge in [0.2, 0.25) is 0 Å². The van der Waals surface area contributed by atoms with Gasteiger partial charge in [0.15, 0.2) is 0 Å². The van der Waals surface area contributed by atoms with E-state index < -0.39 is 0 Å². The number of amides is 1. The number of nitrogens with zero attached hydrogens (tertiary/aromatic N) is 1. The van der Waals surface area contributed by atoms with Crippen molar-refractivity contribution in [2.24, 2.45) is 0 Å². The fourth-order valence-electron chi connectivity index (χ4n) is 3.96. The molecule has 1 heterocycles. The molecule has 4 nitrogen and oxygen atoms in total. The van der Waals surface area contributed by atoms with Gasteiger partial charge in [-0.15, -0.1) is 11.8 Å². The van der Waals surface area contributed by atoms with E-state index in [0.717, 1.165) is 40.3 Å². The van der Waals surface area contributed by atoms with Crippen molar-refractivity contribution in [1.82, 2.24) is 5.16 Å². The molecule has 0 saturated carbocycles. The molecule has 1 amide bonds. The molecule has 144 valence electrons. The van der Waals surface area contributed by atoms with Gasteiger partial charge >= 0.3 is 0 Å². The van der Waals surface area contributed by atoms with E-state index in [2.05, 4.69) is 34.7 Å². The molecule has 1 aliphatic rings. The Labute approximate surface area is 173 Å². The third-order valence-electron chi connectivity index (χ3n) is 5.30. The lowest BCUT2D eigenvalue weighted by Gasteiger charge is -2.12. The zero-order valence-electron chi connectivity index (χ0n) is 16.1. The Kier molecular flexibility index (Phi) is 4.60. The van der Waals surface area contributed by atoms with Crippen LogP contribution in [0.3, 0.4) is 0 Å². The summed E-state index contributed by atoms with van der Waals surface area (Å²) in [7, 11) is 0. The van der Waals surface area contributed by atoms with Crippen molar-refractivity contribution in [1.29, 1.82) is 0 Å². The van der Waals surface area contributed by atoms with Crippen molar-refractivity contribution in [2.75, 3.05) is 5.32 Å². The van der Waals surface area contributed by atoms with E-state index in [-0.39, 0.29) is 5.91 Å². The summed E-state index contributed by atoms with van der Waals surface area (Å²) in [4.78, 5) is 14.0.